The van der Waals surface area contributed by atoms with Crippen LogP contribution in [-0.4, -0.2) is 10.7 Å². The molecular formula is C11H12FN3. The molecule has 1 aromatic rings. The lowest BCUT2D eigenvalue weighted by Gasteiger charge is -2.07. The summed E-state index contributed by atoms with van der Waals surface area (Å²) in [6, 6.07) is 1.64. The average Bonchev–Trinajstić information content (AvgIpc) is 2.60. The predicted octanol–water partition coefficient (Wildman–Crippen LogP) is 2.07. The van der Waals surface area contributed by atoms with Gasteiger partial charge in [-0.15, -0.1) is 0 Å². The standard InChI is InChI=1S/C11H12FN3/c1-3-10-7(2)11(15-14-10)8-4-5-13-6-9(8)12/h3-7,14H,1-2H3/b10-3+. The van der Waals surface area contributed by atoms with E-state index in [1.54, 1.807) is 12.3 Å². The highest BCUT2D eigenvalue weighted by atomic mass is 19.1. The highest BCUT2D eigenvalue weighted by Crippen LogP contribution is 2.22. The lowest BCUT2D eigenvalue weighted by molar-refractivity contribution is 0.617. The number of nitrogens with zero attached hydrogens (tertiary/aromatic N) is 2. The van der Waals surface area contributed by atoms with E-state index in [0.29, 0.717) is 5.56 Å². The van der Waals surface area contributed by atoms with Gasteiger partial charge in [-0.3, -0.25) is 10.4 Å². The number of rotatable bonds is 1. The molecule has 1 aliphatic heterocycles. The van der Waals surface area contributed by atoms with Crippen LogP contribution in [0.25, 0.3) is 0 Å². The maximum atomic E-state index is 13.5. The quantitative estimate of drug-likeness (QED) is 0.762. The Morgan fingerprint density at radius 1 is 1.53 bits per heavy atom. The molecule has 15 heavy (non-hydrogen) atoms. The topological polar surface area (TPSA) is 37.3 Å². The number of hydrogen-bond acceptors (Lipinski definition) is 3. The summed E-state index contributed by atoms with van der Waals surface area (Å²) in [6.07, 6.45) is 4.72. The van der Waals surface area contributed by atoms with E-state index < -0.39 is 0 Å². The number of pyridine rings is 1. The fraction of sp³-hybridized carbons (Fsp3) is 0.273. The summed E-state index contributed by atoms with van der Waals surface area (Å²) in [5.41, 5.74) is 5.14. The monoisotopic (exact) mass is 205 g/mol. The molecule has 0 saturated heterocycles. The van der Waals surface area contributed by atoms with Gasteiger partial charge in [0.05, 0.1) is 11.9 Å². The second-order valence-corrected chi connectivity index (χ2v) is 3.43. The second-order valence-electron chi connectivity index (χ2n) is 3.43. The summed E-state index contributed by atoms with van der Waals surface area (Å²) in [5.74, 6) is -0.228. The summed E-state index contributed by atoms with van der Waals surface area (Å²) >= 11 is 0. The van der Waals surface area contributed by atoms with Crippen LogP contribution in [0, 0.1) is 11.7 Å². The molecule has 1 aromatic heterocycles. The largest absolute Gasteiger partial charge is 0.282 e. The first-order valence-electron chi connectivity index (χ1n) is 4.83. The van der Waals surface area contributed by atoms with Crippen molar-refractivity contribution in [3.63, 3.8) is 0 Å². The zero-order chi connectivity index (χ0) is 10.8. The fourth-order valence-electron chi connectivity index (χ4n) is 1.66. The molecule has 1 N–H and O–H groups in total. The molecule has 3 nitrogen and oxygen atoms in total. The minimum absolute atomic E-state index is 0.104. The minimum Gasteiger partial charge on any atom is -0.282 e. The van der Waals surface area contributed by atoms with Gasteiger partial charge in [0.25, 0.3) is 0 Å². The maximum absolute atomic E-state index is 13.5. The first kappa shape index (κ1) is 9.83. The Bertz CT molecular complexity index is 437. The van der Waals surface area contributed by atoms with Gasteiger partial charge in [-0.05, 0) is 13.0 Å². The first-order chi connectivity index (χ1) is 7.24. The second kappa shape index (κ2) is 3.81. The Morgan fingerprint density at radius 3 is 2.93 bits per heavy atom. The molecule has 1 unspecified atom stereocenters. The molecule has 4 heteroatoms. The number of halogens is 1. The van der Waals surface area contributed by atoms with Gasteiger partial charge in [0.15, 0.2) is 5.82 Å². The van der Waals surface area contributed by atoms with Crippen molar-refractivity contribution in [1.82, 2.24) is 10.4 Å². The Labute approximate surface area is 87.7 Å². The molecular weight excluding hydrogens is 193 g/mol. The van der Waals surface area contributed by atoms with Crippen molar-refractivity contribution in [1.29, 1.82) is 0 Å². The van der Waals surface area contributed by atoms with E-state index in [1.165, 1.54) is 6.20 Å². The van der Waals surface area contributed by atoms with Gasteiger partial charge in [-0.2, -0.15) is 5.10 Å². The number of allylic oxidation sites excluding steroid dienone is 2. The van der Waals surface area contributed by atoms with Crippen LogP contribution in [0.1, 0.15) is 19.4 Å². The van der Waals surface area contributed by atoms with Crippen LogP contribution in [0.3, 0.4) is 0 Å². The van der Waals surface area contributed by atoms with Crippen LogP contribution in [-0.2, 0) is 0 Å². The normalized spacial score (nSPS) is 22.7. The SMILES string of the molecule is C/C=C1/NN=C(c2ccncc2F)C1C. The third-order valence-electron chi connectivity index (χ3n) is 2.54. The number of hydrogen-bond donors (Lipinski definition) is 1. The van der Waals surface area contributed by atoms with Crippen molar-refractivity contribution in [2.75, 3.05) is 0 Å². The van der Waals surface area contributed by atoms with Gasteiger partial charge < -0.3 is 0 Å². The van der Waals surface area contributed by atoms with Crippen molar-refractivity contribution < 1.29 is 4.39 Å². The third-order valence-corrected chi connectivity index (χ3v) is 2.54. The lowest BCUT2D eigenvalue weighted by atomic mass is 9.97. The van der Waals surface area contributed by atoms with Crippen molar-refractivity contribution >= 4 is 5.71 Å². The van der Waals surface area contributed by atoms with Crippen LogP contribution in [0.2, 0.25) is 0 Å². The molecule has 2 heterocycles. The maximum Gasteiger partial charge on any atom is 0.150 e. The molecule has 1 aliphatic rings. The van der Waals surface area contributed by atoms with E-state index in [9.17, 15) is 4.39 Å². The van der Waals surface area contributed by atoms with E-state index >= 15 is 0 Å². The summed E-state index contributed by atoms with van der Waals surface area (Å²) in [5, 5.41) is 4.13. The molecule has 2 rings (SSSR count). The smallest absolute Gasteiger partial charge is 0.150 e. The molecule has 0 aromatic carbocycles. The molecule has 0 radical (unpaired) electrons. The summed E-state index contributed by atoms with van der Waals surface area (Å²) in [6.45, 7) is 3.92. The molecule has 0 bridgehead atoms. The molecule has 0 aliphatic carbocycles. The van der Waals surface area contributed by atoms with Gasteiger partial charge in [0.2, 0.25) is 0 Å². The molecule has 1 atom stereocenters. The molecule has 78 valence electrons. The van der Waals surface area contributed by atoms with Gasteiger partial charge in [-0.25, -0.2) is 4.39 Å². The summed E-state index contributed by atoms with van der Waals surface area (Å²) < 4.78 is 13.5. The summed E-state index contributed by atoms with van der Waals surface area (Å²) in [4.78, 5) is 3.72. The first-order valence-corrected chi connectivity index (χ1v) is 4.83. The highest BCUT2D eigenvalue weighted by Gasteiger charge is 2.24. The highest BCUT2D eigenvalue weighted by molar-refractivity contribution is 6.04. The van der Waals surface area contributed by atoms with Crippen LogP contribution >= 0.6 is 0 Å². The molecule has 0 saturated carbocycles. The van der Waals surface area contributed by atoms with Crippen molar-refractivity contribution in [3.8, 4) is 0 Å². The molecule has 0 amide bonds. The van der Waals surface area contributed by atoms with E-state index in [0.717, 1.165) is 11.4 Å². The zero-order valence-electron chi connectivity index (χ0n) is 8.66. The van der Waals surface area contributed by atoms with Crippen LogP contribution in [0.4, 0.5) is 4.39 Å². The Balaban J connectivity index is 2.39. The van der Waals surface area contributed by atoms with E-state index in [1.807, 2.05) is 19.9 Å². The number of hydrazone groups is 1. The van der Waals surface area contributed by atoms with Crippen molar-refractivity contribution in [2.45, 2.75) is 13.8 Å². The van der Waals surface area contributed by atoms with Gasteiger partial charge in [0.1, 0.15) is 0 Å². The Hall–Kier alpha value is -1.71. The van der Waals surface area contributed by atoms with Crippen LogP contribution in [0.15, 0.2) is 35.3 Å². The average molecular weight is 205 g/mol. The predicted molar refractivity (Wildman–Crippen MR) is 56.8 cm³/mol. The van der Waals surface area contributed by atoms with E-state index in [-0.39, 0.29) is 11.7 Å². The van der Waals surface area contributed by atoms with E-state index in [2.05, 4.69) is 15.5 Å². The van der Waals surface area contributed by atoms with E-state index in [4.69, 9.17) is 0 Å². The molecule has 0 spiro atoms. The minimum atomic E-state index is -0.331. The zero-order valence-corrected chi connectivity index (χ0v) is 8.66. The van der Waals surface area contributed by atoms with Crippen molar-refractivity contribution in [2.24, 2.45) is 11.0 Å². The van der Waals surface area contributed by atoms with Crippen LogP contribution < -0.4 is 5.43 Å². The molecule has 0 fully saturated rings. The third kappa shape index (κ3) is 1.63. The van der Waals surface area contributed by atoms with Gasteiger partial charge in [0, 0.05) is 23.4 Å². The Morgan fingerprint density at radius 2 is 2.33 bits per heavy atom. The van der Waals surface area contributed by atoms with Crippen molar-refractivity contribution in [3.05, 3.63) is 41.6 Å². The fourth-order valence-corrected chi connectivity index (χ4v) is 1.66. The number of nitrogens with one attached hydrogen (secondary N) is 1. The van der Waals surface area contributed by atoms with Crippen LogP contribution in [0.5, 0.6) is 0 Å². The van der Waals surface area contributed by atoms with Gasteiger partial charge >= 0.3 is 0 Å². The lowest BCUT2D eigenvalue weighted by Crippen LogP contribution is -2.12. The van der Waals surface area contributed by atoms with Gasteiger partial charge in [-0.1, -0.05) is 13.0 Å². The Kier molecular flexibility index (Phi) is 2.49. The number of aromatic nitrogens is 1. The summed E-state index contributed by atoms with van der Waals surface area (Å²) in [7, 11) is 0.